The first kappa shape index (κ1) is 17.9. The maximum absolute atomic E-state index is 13.1. The summed E-state index contributed by atoms with van der Waals surface area (Å²) in [6.45, 7) is 8.18. The van der Waals surface area contributed by atoms with E-state index in [0.29, 0.717) is 6.54 Å². The van der Waals surface area contributed by atoms with Crippen LogP contribution in [0, 0.1) is 0 Å². The molecule has 0 fully saturated rings. The summed E-state index contributed by atoms with van der Waals surface area (Å²) < 4.78 is 5.66. The van der Waals surface area contributed by atoms with E-state index >= 15 is 0 Å². The lowest BCUT2D eigenvalue weighted by Crippen LogP contribution is -2.24. The molecule has 0 unspecified atom stereocenters. The Morgan fingerprint density at radius 1 is 1.07 bits per heavy atom. The van der Waals surface area contributed by atoms with E-state index in [1.54, 1.807) is 7.11 Å². The molecule has 0 radical (unpaired) electrons. The fraction of sp³-hybridized carbons (Fsp3) is 0.435. The zero-order valence-corrected chi connectivity index (χ0v) is 16.7. The van der Waals surface area contributed by atoms with Gasteiger partial charge in [0.05, 0.1) is 19.3 Å². The van der Waals surface area contributed by atoms with Gasteiger partial charge in [-0.15, -0.1) is 0 Å². The van der Waals surface area contributed by atoms with Crippen molar-refractivity contribution < 1.29 is 9.53 Å². The maximum atomic E-state index is 13.1. The summed E-state index contributed by atoms with van der Waals surface area (Å²) in [5.74, 6) is 0.811. The van der Waals surface area contributed by atoms with Gasteiger partial charge in [0, 0.05) is 23.9 Å². The standard InChI is InChI=1S/C23H28N2O2/c1-23(2,3)17-8-9-18-16(11-17)14-25(22(18)26)20-12-15-7-5-6-10-24-19(15)13-21(20)27-4/h8-9,11-13,24H,5-7,10,14H2,1-4H3. The lowest BCUT2D eigenvalue weighted by atomic mass is 9.85. The number of benzene rings is 2. The maximum Gasteiger partial charge on any atom is 0.259 e. The molecule has 0 bridgehead atoms. The summed E-state index contributed by atoms with van der Waals surface area (Å²) in [6.07, 6.45) is 3.35. The normalized spacial score (nSPS) is 16.4. The Bertz CT molecular complexity index is 896. The third-order valence-electron chi connectivity index (χ3n) is 5.66. The predicted octanol–water partition coefficient (Wildman–Crippen LogP) is 4.90. The van der Waals surface area contributed by atoms with Crippen molar-refractivity contribution in [1.29, 1.82) is 0 Å². The molecule has 0 saturated heterocycles. The van der Waals surface area contributed by atoms with Crippen LogP contribution in [0.15, 0.2) is 30.3 Å². The van der Waals surface area contributed by atoms with E-state index in [0.717, 1.165) is 54.1 Å². The number of anilines is 2. The van der Waals surface area contributed by atoms with Crippen molar-refractivity contribution in [2.75, 3.05) is 23.9 Å². The minimum atomic E-state index is 0.0605. The van der Waals surface area contributed by atoms with Crippen molar-refractivity contribution in [3.05, 3.63) is 52.6 Å². The second kappa shape index (κ2) is 6.59. The molecule has 0 atom stereocenters. The quantitative estimate of drug-likeness (QED) is 0.824. The Morgan fingerprint density at radius 3 is 2.63 bits per heavy atom. The first-order valence-electron chi connectivity index (χ1n) is 9.78. The molecule has 0 aliphatic carbocycles. The molecule has 0 spiro atoms. The number of ether oxygens (including phenoxy) is 1. The lowest BCUT2D eigenvalue weighted by molar-refractivity contribution is 0.0996. The molecular weight excluding hydrogens is 336 g/mol. The first-order chi connectivity index (χ1) is 12.9. The third-order valence-corrected chi connectivity index (χ3v) is 5.66. The van der Waals surface area contributed by atoms with Gasteiger partial charge in [0.15, 0.2) is 0 Å². The zero-order valence-electron chi connectivity index (χ0n) is 16.7. The lowest BCUT2D eigenvalue weighted by Gasteiger charge is -2.22. The fourth-order valence-corrected chi connectivity index (χ4v) is 4.00. The summed E-state index contributed by atoms with van der Waals surface area (Å²) in [5.41, 5.74) is 6.50. The van der Waals surface area contributed by atoms with Gasteiger partial charge in [-0.1, -0.05) is 32.9 Å². The van der Waals surface area contributed by atoms with E-state index in [1.165, 1.54) is 11.1 Å². The number of amides is 1. The summed E-state index contributed by atoms with van der Waals surface area (Å²) in [7, 11) is 1.67. The van der Waals surface area contributed by atoms with Crippen LogP contribution < -0.4 is 15.0 Å². The minimum absolute atomic E-state index is 0.0605. The van der Waals surface area contributed by atoms with Crippen LogP contribution in [0.4, 0.5) is 11.4 Å². The average molecular weight is 364 g/mol. The second-order valence-corrected chi connectivity index (χ2v) is 8.58. The largest absolute Gasteiger partial charge is 0.494 e. The highest BCUT2D eigenvalue weighted by atomic mass is 16.5. The fourth-order valence-electron chi connectivity index (χ4n) is 4.00. The Labute approximate surface area is 161 Å². The highest BCUT2D eigenvalue weighted by Gasteiger charge is 2.32. The van der Waals surface area contributed by atoms with Gasteiger partial charge in [-0.3, -0.25) is 4.79 Å². The molecule has 0 saturated carbocycles. The van der Waals surface area contributed by atoms with Crippen molar-refractivity contribution >= 4 is 17.3 Å². The van der Waals surface area contributed by atoms with E-state index in [1.807, 2.05) is 17.0 Å². The Morgan fingerprint density at radius 2 is 1.89 bits per heavy atom. The van der Waals surface area contributed by atoms with Gasteiger partial charge in [-0.25, -0.2) is 0 Å². The molecule has 0 aromatic heterocycles. The van der Waals surface area contributed by atoms with Gasteiger partial charge in [0.2, 0.25) is 0 Å². The zero-order chi connectivity index (χ0) is 19.2. The van der Waals surface area contributed by atoms with Crippen LogP contribution in [-0.2, 0) is 18.4 Å². The van der Waals surface area contributed by atoms with Crippen molar-refractivity contribution in [3.8, 4) is 5.75 Å². The highest BCUT2D eigenvalue weighted by Crippen LogP contribution is 2.40. The molecule has 1 amide bonds. The number of rotatable bonds is 2. The van der Waals surface area contributed by atoms with E-state index < -0.39 is 0 Å². The molecule has 2 aromatic rings. The third kappa shape index (κ3) is 3.18. The number of nitrogens with zero attached hydrogens (tertiary/aromatic N) is 1. The van der Waals surface area contributed by atoms with E-state index in [-0.39, 0.29) is 11.3 Å². The van der Waals surface area contributed by atoms with Gasteiger partial charge in [0.25, 0.3) is 5.91 Å². The van der Waals surface area contributed by atoms with E-state index in [4.69, 9.17) is 4.74 Å². The molecule has 2 aliphatic rings. The predicted molar refractivity (Wildman–Crippen MR) is 110 cm³/mol. The van der Waals surface area contributed by atoms with Crippen molar-refractivity contribution in [3.63, 3.8) is 0 Å². The van der Waals surface area contributed by atoms with Crippen LogP contribution in [-0.4, -0.2) is 19.6 Å². The number of nitrogens with one attached hydrogen (secondary N) is 1. The van der Waals surface area contributed by atoms with Crippen LogP contribution in [0.2, 0.25) is 0 Å². The second-order valence-electron chi connectivity index (χ2n) is 8.58. The first-order valence-corrected chi connectivity index (χ1v) is 9.78. The Hall–Kier alpha value is -2.49. The van der Waals surface area contributed by atoms with Crippen LogP contribution in [0.3, 0.4) is 0 Å². The Balaban J connectivity index is 1.74. The number of methoxy groups -OCH3 is 1. The number of hydrogen-bond acceptors (Lipinski definition) is 3. The van der Waals surface area contributed by atoms with E-state index in [9.17, 15) is 4.79 Å². The molecule has 142 valence electrons. The van der Waals surface area contributed by atoms with Crippen LogP contribution >= 0.6 is 0 Å². The number of carbonyl (C=O) groups is 1. The summed E-state index contributed by atoms with van der Waals surface area (Å²) in [6, 6.07) is 10.4. The minimum Gasteiger partial charge on any atom is -0.494 e. The van der Waals surface area contributed by atoms with E-state index in [2.05, 4.69) is 44.3 Å². The van der Waals surface area contributed by atoms with Crippen LogP contribution in [0.25, 0.3) is 0 Å². The number of aryl methyl sites for hydroxylation is 1. The van der Waals surface area contributed by atoms with Crippen molar-refractivity contribution in [1.82, 2.24) is 0 Å². The highest BCUT2D eigenvalue weighted by molar-refractivity contribution is 6.11. The van der Waals surface area contributed by atoms with Crippen molar-refractivity contribution in [2.45, 2.75) is 52.0 Å². The average Bonchev–Trinajstić information content (AvgIpc) is 2.81. The monoisotopic (exact) mass is 364 g/mol. The number of hydrogen-bond donors (Lipinski definition) is 1. The summed E-state index contributed by atoms with van der Waals surface area (Å²) in [5, 5.41) is 3.49. The van der Waals surface area contributed by atoms with Gasteiger partial charge in [0.1, 0.15) is 5.75 Å². The number of fused-ring (bicyclic) bond motifs is 2. The molecule has 4 heteroatoms. The van der Waals surface area contributed by atoms with Gasteiger partial charge >= 0.3 is 0 Å². The van der Waals surface area contributed by atoms with Gasteiger partial charge < -0.3 is 15.0 Å². The molecule has 4 rings (SSSR count). The smallest absolute Gasteiger partial charge is 0.259 e. The van der Waals surface area contributed by atoms with Gasteiger partial charge in [-0.05, 0) is 53.5 Å². The van der Waals surface area contributed by atoms with Crippen molar-refractivity contribution in [2.24, 2.45) is 0 Å². The number of carbonyl (C=O) groups excluding carboxylic acids is 1. The Kier molecular flexibility index (Phi) is 4.37. The summed E-state index contributed by atoms with van der Waals surface area (Å²) in [4.78, 5) is 15.0. The van der Waals surface area contributed by atoms with Gasteiger partial charge in [-0.2, -0.15) is 0 Å². The summed E-state index contributed by atoms with van der Waals surface area (Å²) >= 11 is 0. The molecule has 2 heterocycles. The molecular formula is C23H28N2O2. The molecule has 27 heavy (non-hydrogen) atoms. The molecule has 1 N–H and O–H groups in total. The van der Waals surface area contributed by atoms with Crippen LogP contribution in [0.5, 0.6) is 5.75 Å². The SMILES string of the molecule is COc1cc2c(cc1N1Cc3cc(C(C)(C)C)ccc3C1=O)CCCCN2. The van der Waals surface area contributed by atoms with Crippen LogP contribution in [0.1, 0.15) is 60.7 Å². The molecule has 2 aromatic carbocycles. The molecule has 4 nitrogen and oxygen atoms in total. The topological polar surface area (TPSA) is 41.6 Å². The molecule has 2 aliphatic heterocycles.